The summed E-state index contributed by atoms with van der Waals surface area (Å²) in [5.74, 6) is 0. The molecule has 138 valence electrons. The van der Waals surface area contributed by atoms with Gasteiger partial charge in [0.2, 0.25) is 0 Å². The molecule has 0 aliphatic carbocycles. The van der Waals surface area contributed by atoms with Crippen LogP contribution in [0.5, 0.6) is 0 Å². The largest absolute Gasteiger partial charge is 0.755 e. The Balaban J connectivity index is 1.95. The summed E-state index contributed by atoms with van der Waals surface area (Å²) in [6, 6.07) is 11.0. The van der Waals surface area contributed by atoms with E-state index in [1.54, 1.807) is 10.8 Å². The number of hydrogen-bond donors (Lipinski definition) is 4. The molecule has 4 N–H and O–H groups in total. The van der Waals surface area contributed by atoms with Crippen LogP contribution in [0.15, 0.2) is 59.5 Å². The van der Waals surface area contributed by atoms with Gasteiger partial charge < -0.3 is 15.2 Å². The SMILES string of the molecule is O=C(Nc1ccc(NC(=O)NS(=O)(=O)c2ccccc2)cc1)NS(=O)[O-]. The molecule has 0 saturated heterocycles. The molecule has 2 aromatic carbocycles. The molecule has 0 radical (unpaired) electrons. The van der Waals surface area contributed by atoms with Gasteiger partial charge in [-0.25, -0.2) is 22.7 Å². The van der Waals surface area contributed by atoms with Crippen molar-refractivity contribution in [2.24, 2.45) is 0 Å². The summed E-state index contributed by atoms with van der Waals surface area (Å²) < 4.78 is 48.1. The first-order valence-corrected chi connectivity index (χ1v) is 9.48. The van der Waals surface area contributed by atoms with Crippen molar-refractivity contribution in [2.75, 3.05) is 10.6 Å². The summed E-state index contributed by atoms with van der Waals surface area (Å²) in [6.45, 7) is 0. The second-order valence-electron chi connectivity index (χ2n) is 4.74. The van der Waals surface area contributed by atoms with Crippen molar-refractivity contribution in [3.8, 4) is 0 Å². The van der Waals surface area contributed by atoms with Crippen LogP contribution in [0.3, 0.4) is 0 Å². The number of amides is 4. The highest BCUT2D eigenvalue weighted by Gasteiger charge is 2.17. The summed E-state index contributed by atoms with van der Waals surface area (Å²) in [5.41, 5.74) is 0.514. The van der Waals surface area contributed by atoms with Gasteiger partial charge in [0.25, 0.3) is 10.0 Å². The van der Waals surface area contributed by atoms with Gasteiger partial charge in [-0.05, 0) is 36.4 Å². The van der Waals surface area contributed by atoms with E-state index in [4.69, 9.17) is 0 Å². The Bertz CT molecular complexity index is 916. The van der Waals surface area contributed by atoms with Crippen LogP contribution in [0.4, 0.5) is 21.0 Å². The topological polar surface area (TPSA) is 157 Å². The average Bonchev–Trinajstić information content (AvgIpc) is 2.56. The summed E-state index contributed by atoms with van der Waals surface area (Å²) in [7, 11) is -4.00. The lowest BCUT2D eigenvalue weighted by molar-refractivity contribution is 0.255. The molecule has 2 rings (SSSR count). The van der Waals surface area contributed by atoms with E-state index in [-0.39, 0.29) is 16.3 Å². The quantitative estimate of drug-likeness (QED) is 0.554. The highest BCUT2D eigenvalue weighted by Crippen LogP contribution is 2.14. The van der Waals surface area contributed by atoms with Crippen molar-refractivity contribution < 1.29 is 26.8 Å². The molecule has 1 atom stereocenters. The molecule has 0 saturated carbocycles. The molecule has 0 aliphatic rings. The molecule has 0 bridgehead atoms. The van der Waals surface area contributed by atoms with E-state index in [0.29, 0.717) is 0 Å². The molecule has 0 heterocycles. The van der Waals surface area contributed by atoms with E-state index in [2.05, 4.69) is 10.6 Å². The number of carbonyl (C=O) groups is 2. The van der Waals surface area contributed by atoms with Gasteiger partial charge in [-0.2, -0.15) is 0 Å². The van der Waals surface area contributed by atoms with Crippen LogP contribution in [0.1, 0.15) is 0 Å². The predicted octanol–water partition coefficient (Wildman–Crippen LogP) is 1.11. The Hall–Kier alpha value is -2.96. The van der Waals surface area contributed by atoms with Gasteiger partial charge in [-0.15, -0.1) is 0 Å². The molecule has 12 heteroatoms. The maximum Gasteiger partial charge on any atom is 0.333 e. The second kappa shape index (κ2) is 8.42. The molecule has 4 amide bonds. The number of benzene rings is 2. The zero-order valence-corrected chi connectivity index (χ0v) is 14.6. The van der Waals surface area contributed by atoms with Crippen molar-refractivity contribution in [1.82, 2.24) is 9.44 Å². The Morgan fingerprint density at radius 2 is 1.35 bits per heavy atom. The summed E-state index contributed by atoms with van der Waals surface area (Å²) in [4.78, 5) is 23.0. The van der Waals surface area contributed by atoms with Crippen LogP contribution in [0.25, 0.3) is 0 Å². The van der Waals surface area contributed by atoms with E-state index in [0.717, 1.165) is 0 Å². The van der Waals surface area contributed by atoms with E-state index < -0.39 is 33.4 Å². The molecule has 2 aromatic rings. The molecular weight excluding hydrogens is 384 g/mol. The third-order valence-corrected chi connectivity index (χ3v) is 4.56. The predicted molar refractivity (Wildman–Crippen MR) is 93.3 cm³/mol. The number of nitrogens with one attached hydrogen (secondary N) is 4. The second-order valence-corrected chi connectivity index (χ2v) is 7.10. The lowest BCUT2D eigenvalue weighted by Gasteiger charge is -2.11. The number of hydrogen-bond acceptors (Lipinski definition) is 6. The van der Waals surface area contributed by atoms with E-state index >= 15 is 0 Å². The van der Waals surface area contributed by atoms with Gasteiger partial charge in [-0.1, -0.05) is 18.2 Å². The molecule has 0 fully saturated rings. The lowest BCUT2D eigenvalue weighted by atomic mass is 10.3. The van der Waals surface area contributed by atoms with E-state index in [1.807, 2.05) is 4.72 Å². The van der Waals surface area contributed by atoms with Crippen molar-refractivity contribution in [1.29, 1.82) is 0 Å². The fourth-order valence-corrected chi connectivity index (χ4v) is 2.94. The third-order valence-electron chi connectivity index (χ3n) is 2.86. The number of carbonyl (C=O) groups excluding carboxylic acids is 2. The Morgan fingerprint density at radius 1 is 0.846 bits per heavy atom. The number of rotatable bonds is 5. The fourth-order valence-electron chi connectivity index (χ4n) is 1.81. The fraction of sp³-hybridized carbons (Fsp3) is 0. The molecular formula is C14H13N4O6S2-. The maximum absolute atomic E-state index is 12.0. The standard InChI is InChI=1S/C14H14N4O6S2/c19-13(17-25(21)22)15-10-6-8-11(9-7-10)16-14(20)18-26(23,24)12-4-2-1-3-5-12/h1-9H,(H,21,22)(H2,15,17,19)(H2,16,18,20)/p-1. The third kappa shape index (κ3) is 5.84. The first kappa shape index (κ1) is 19.4. The zero-order valence-electron chi connectivity index (χ0n) is 13.0. The lowest BCUT2D eigenvalue weighted by Crippen LogP contribution is -2.34. The smallest absolute Gasteiger partial charge is 0.333 e. The highest BCUT2D eigenvalue weighted by molar-refractivity contribution is 7.90. The molecule has 0 aliphatic heterocycles. The monoisotopic (exact) mass is 397 g/mol. The minimum atomic E-state index is -4.00. The Labute approximate surface area is 151 Å². The Morgan fingerprint density at radius 3 is 1.85 bits per heavy atom. The van der Waals surface area contributed by atoms with Crippen molar-refractivity contribution in [3.63, 3.8) is 0 Å². The van der Waals surface area contributed by atoms with E-state index in [1.165, 1.54) is 48.5 Å². The molecule has 0 aromatic heterocycles. The van der Waals surface area contributed by atoms with Gasteiger partial charge >= 0.3 is 12.1 Å². The van der Waals surface area contributed by atoms with Crippen LogP contribution in [0.2, 0.25) is 0 Å². The van der Waals surface area contributed by atoms with Gasteiger partial charge in [0, 0.05) is 22.6 Å². The first-order chi connectivity index (χ1) is 12.3. The summed E-state index contributed by atoms with van der Waals surface area (Å²) in [5, 5.41) is 4.57. The molecule has 1 unspecified atom stereocenters. The summed E-state index contributed by atoms with van der Waals surface area (Å²) in [6.07, 6.45) is 0. The number of urea groups is 2. The van der Waals surface area contributed by atoms with Crippen molar-refractivity contribution >= 4 is 44.7 Å². The van der Waals surface area contributed by atoms with Gasteiger partial charge in [-0.3, -0.25) is 8.93 Å². The van der Waals surface area contributed by atoms with Crippen LogP contribution in [-0.2, 0) is 21.3 Å². The average molecular weight is 397 g/mol. The van der Waals surface area contributed by atoms with Crippen LogP contribution < -0.4 is 20.1 Å². The molecule has 10 nitrogen and oxygen atoms in total. The van der Waals surface area contributed by atoms with Crippen LogP contribution >= 0.6 is 0 Å². The van der Waals surface area contributed by atoms with Gasteiger partial charge in [0.05, 0.1) is 4.90 Å². The first-order valence-electron chi connectivity index (χ1n) is 6.92. The Kier molecular flexibility index (Phi) is 6.27. The zero-order chi connectivity index (χ0) is 19.2. The molecule has 26 heavy (non-hydrogen) atoms. The van der Waals surface area contributed by atoms with Crippen molar-refractivity contribution in [3.05, 3.63) is 54.6 Å². The number of anilines is 2. The van der Waals surface area contributed by atoms with Crippen LogP contribution in [-0.4, -0.2) is 29.2 Å². The van der Waals surface area contributed by atoms with Gasteiger partial charge in [0.15, 0.2) is 0 Å². The minimum Gasteiger partial charge on any atom is -0.755 e. The number of sulfonamides is 1. The molecule has 0 spiro atoms. The van der Waals surface area contributed by atoms with Crippen molar-refractivity contribution in [2.45, 2.75) is 4.90 Å². The van der Waals surface area contributed by atoms with E-state index in [9.17, 15) is 26.8 Å². The van der Waals surface area contributed by atoms with Gasteiger partial charge in [0.1, 0.15) is 0 Å². The minimum absolute atomic E-state index is 0.0588. The van der Waals surface area contributed by atoms with Crippen LogP contribution in [0, 0.1) is 0 Å². The summed E-state index contributed by atoms with van der Waals surface area (Å²) >= 11 is -2.74. The maximum atomic E-state index is 12.0. The normalized spacial score (nSPS) is 11.9. The highest BCUT2D eigenvalue weighted by atomic mass is 32.2.